The Morgan fingerprint density at radius 1 is 1.19 bits per heavy atom. The third-order valence-corrected chi connectivity index (χ3v) is 6.09. The SMILES string of the molecule is CC(C)Cc1nc2sc3c(NCCN(C)C)ncnc3c2c2c1CCC2. The van der Waals surface area contributed by atoms with E-state index in [2.05, 4.69) is 48.1 Å². The zero-order valence-electron chi connectivity index (χ0n) is 16.1. The standard InChI is InChI=1S/C20H27N5S/c1-12(2)10-15-13-6-5-7-14(13)16-17-18(26-20(16)24-15)19(23-11-22-17)21-8-9-25(3)4/h11-12H,5-10H2,1-4H3,(H,21,22,23). The zero-order chi connectivity index (χ0) is 18.3. The molecule has 0 saturated carbocycles. The number of likely N-dealkylation sites (N-methyl/N-ethyl adjacent to an activating group) is 1. The molecule has 3 heterocycles. The van der Waals surface area contributed by atoms with Gasteiger partial charge in [-0.3, -0.25) is 0 Å². The Kier molecular flexibility index (Phi) is 4.80. The van der Waals surface area contributed by atoms with Gasteiger partial charge in [-0.05, 0) is 56.8 Å². The van der Waals surface area contributed by atoms with Crippen LogP contribution in [0.5, 0.6) is 0 Å². The van der Waals surface area contributed by atoms with Gasteiger partial charge in [0.05, 0.1) is 10.2 Å². The number of hydrogen-bond donors (Lipinski definition) is 1. The molecule has 0 saturated heterocycles. The maximum atomic E-state index is 5.09. The van der Waals surface area contributed by atoms with Crippen molar-refractivity contribution in [2.75, 3.05) is 32.5 Å². The summed E-state index contributed by atoms with van der Waals surface area (Å²) in [7, 11) is 4.17. The number of fused-ring (bicyclic) bond motifs is 5. The lowest BCUT2D eigenvalue weighted by molar-refractivity contribution is 0.425. The van der Waals surface area contributed by atoms with Gasteiger partial charge in [-0.15, -0.1) is 11.3 Å². The van der Waals surface area contributed by atoms with Crippen molar-refractivity contribution < 1.29 is 0 Å². The Labute approximate surface area is 158 Å². The maximum Gasteiger partial charge on any atom is 0.147 e. The minimum atomic E-state index is 0.627. The Balaban J connectivity index is 1.83. The number of pyridine rings is 1. The summed E-state index contributed by atoms with van der Waals surface area (Å²) in [6.45, 7) is 6.40. The fourth-order valence-corrected chi connectivity index (χ4v) is 5.00. The van der Waals surface area contributed by atoms with Crippen LogP contribution in [0.2, 0.25) is 0 Å². The lowest BCUT2D eigenvalue weighted by atomic mass is 9.99. The van der Waals surface area contributed by atoms with Gasteiger partial charge in [0.2, 0.25) is 0 Å². The molecule has 1 aliphatic rings. The van der Waals surface area contributed by atoms with Gasteiger partial charge >= 0.3 is 0 Å². The third kappa shape index (κ3) is 3.16. The van der Waals surface area contributed by atoms with E-state index in [0.717, 1.165) is 53.2 Å². The van der Waals surface area contributed by atoms with E-state index in [9.17, 15) is 0 Å². The molecule has 6 heteroatoms. The van der Waals surface area contributed by atoms with Gasteiger partial charge in [-0.25, -0.2) is 15.0 Å². The van der Waals surface area contributed by atoms with Crippen LogP contribution in [0.1, 0.15) is 37.1 Å². The fraction of sp³-hybridized carbons (Fsp3) is 0.550. The molecule has 1 aliphatic carbocycles. The highest BCUT2D eigenvalue weighted by molar-refractivity contribution is 7.26. The first-order chi connectivity index (χ1) is 12.5. The second kappa shape index (κ2) is 7.08. The smallest absolute Gasteiger partial charge is 0.147 e. The minimum Gasteiger partial charge on any atom is -0.367 e. The Morgan fingerprint density at radius 2 is 2.00 bits per heavy atom. The number of nitrogens with one attached hydrogen (secondary N) is 1. The molecule has 0 unspecified atom stereocenters. The summed E-state index contributed by atoms with van der Waals surface area (Å²) in [6, 6.07) is 0. The van der Waals surface area contributed by atoms with Crippen molar-refractivity contribution in [2.45, 2.75) is 39.5 Å². The van der Waals surface area contributed by atoms with Gasteiger partial charge in [0.25, 0.3) is 0 Å². The van der Waals surface area contributed by atoms with Crippen LogP contribution < -0.4 is 5.32 Å². The molecule has 26 heavy (non-hydrogen) atoms. The minimum absolute atomic E-state index is 0.627. The zero-order valence-corrected chi connectivity index (χ0v) is 16.9. The van der Waals surface area contributed by atoms with Crippen molar-refractivity contribution in [1.82, 2.24) is 19.9 Å². The lowest BCUT2D eigenvalue weighted by Crippen LogP contribution is -2.21. The van der Waals surface area contributed by atoms with E-state index >= 15 is 0 Å². The molecule has 0 atom stereocenters. The Hall–Kier alpha value is -1.79. The van der Waals surface area contributed by atoms with Crippen LogP contribution in [0.15, 0.2) is 6.33 Å². The predicted molar refractivity (Wildman–Crippen MR) is 110 cm³/mol. The summed E-state index contributed by atoms with van der Waals surface area (Å²) < 4.78 is 1.14. The highest BCUT2D eigenvalue weighted by Crippen LogP contribution is 2.41. The molecule has 3 aromatic heterocycles. The van der Waals surface area contributed by atoms with Gasteiger partial charge < -0.3 is 10.2 Å². The van der Waals surface area contributed by atoms with E-state index in [4.69, 9.17) is 4.98 Å². The van der Waals surface area contributed by atoms with Crippen LogP contribution >= 0.6 is 11.3 Å². The number of hydrogen-bond acceptors (Lipinski definition) is 6. The van der Waals surface area contributed by atoms with Crippen LogP contribution in [0.4, 0.5) is 5.82 Å². The van der Waals surface area contributed by atoms with Crippen LogP contribution in [-0.2, 0) is 19.3 Å². The Bertz CT molecular complexity index is 944. The van der Waals surface area contributed by atoms with E-state index in [1.165, 1.54) is 28.6 Å². The summed E-state index contributed by atoms with van der Waals surface area (Å²) in [5.74, 6) is 1.57. The normalized spacial score (nSPS) is 14.1. The van der Waals surface area contributed by atoms with Gasteiger partial charge in [-0.2, -0.15) is 0 Å². The summed E-state index contributed by atoms with van der Waals surface area (Å²) in [5.41, 5.74) is 5.37. The van der Waals surface area contributed by atoms with E-state index in [0.29, 0.717) is 5.92 Å². The van der Waals surface area contributed by atoms with Gasteiger partial charge in [0, 0.05) is 24.2 Å². The fourth-order valence-electron chi connectivity index (χ4n) is 3.86. The van der Waals surface area contributed by atoms with E-state index in [-0.39, 0.29) is 0 Å². The van der Waals surface area contributed by atoms with Gasteiger partial charge in [0.15, 0.2) is 0 Å². The van der Waals surface area contributed by atoms with Gasteiger partial charge in [0.1, 0.15) is 17.0 Å². The van der Waals surface area contributed by atoms with E-state index in [1.807, 2.05) is 0 Å². The largest absolute Gasteiger partial charge is 0.367 e. The summed E-state index contributed by atoms with van der Waals surface area (Å²) in [6.07, 6.45) is 6.30. The molecule has 0 aromatic carbocycles. The van der Waals surface area contributed by atoms with E-state index < -0.39 is 0 Å². The number of aromatic nitrogens is 3. The third-order valence-electron chi connectivity index (χ3n) is 5.01. The maximum absolute atomic E-state index is 5.09. The van der Waals surface area contributed by atoms with Crippen LogP contribution in [0.3, 0.4) is 0 Å². The molecule has 4 rings (SSSR count). The highest BCUT2D eigenvalue weighted by Gasteiger charge is 2.24. The average molecular weight is 370 g/mol. The number of aryl methyl sites for hydroxylation is 1. The first-order valence-electron chi connectivity index (χ1n) is 9.51. The molecule has 0 spiro atoms. The molecular formula is C20H27N5S. The molecule has 0 radical (unpaired) electrons. The molecular weight excluding hydrogens is 342 g/mol. The van der Waals surface area contributed by atoms with Crippen molar-refractivity contribution in [3.63, 3.8) is 0 Å². The monoisotopic (exact) mass is 369 g/mol. The first-order valence-corrected chi connectivity index (χ1v) is 10.3. The number of rotatable bonds is 6. The number of nitrogens with zero attached hydrogens (tertiary/aromatic N) is 4. The predicted octanol–water partition coefficient (Wildman–Crippen LogP) is 3.90. The molecule has 0 fully saturated rings. The first kappa shape index (κ1) is 17.6. The highest BCUT2D eigenvalue weighted by atomic mass is 32.1. The number of thiophene rings is 1. The quantitative estimate of drug-likeness (QED) is 0.714. The number of anilines is 1. The van der Waals surface area contributed by atoms with Crippen LogP contribution in [0.25, 0.3) is 20.4 Å². The van der Waals surface area contributed by atoms with Gasteiger partial charge in [-0.1, -0.05) is 13.8 Å². The van der Waals surface area contributed by atoms with Crippen molar-refractivity contribution in [3.8, 4) is 0 Å². The van der Waals surface area contributed by atoms with Crippen LogP contribution in [0, 0.1) is 5.92 Å². The lowest BCUT2D eigenvalue weighted by Gasteiger charge is -2.11. The van der Waals surface area contributed by atoms with Crippen molar-refractivity contribution >= 4 is 37.6 Å². The average Bonchev–Trinajstić information content (AvgIpc) is 3.18. The second-order valence-corrected chi connectivity index (χ2v) is 8.88. The molecule has 0 aliphatic heterocycles. The molecule has 5 nitrogen and oxygen atoms in total. The molecule has 138 valence electrons. The molecule has 1 N–H and O–H groups in total. The second-order valence-electron chi connectivity index (χ2n) is 7.88. The van der Waals surface area contributed by atoms with E-state index in [1.54, 1.807) is 17.7 Å². The van der Waals surface area contributed by atoms with Crippen molar-refractivity contribution in [1.29, 1.82) is 0 Å². The topological polar surface area (TPSA) is 53.9 Å². The summed E-state index contributed by atoms with van der Waals surface area (Å²) in [5, 5.41) is 4.76. The molecule has 3 aromatic rings. The van der Waals surface area contributed by atoms with Crippen LogP contribution in [-0.4, -0.2) is 47.0 Å². The van der Waals surface area contributed by atoms with Crippen molar-refractivity contribution in [2.24, 2.45) is 5.92 Å². The summed E-state index contributed by atoms with van der Waals surface area (Å²) in [4.78, 5) is 17.5. The van der Waals surface area contributed by atoms with Crippen molar-refractivity contribution in [3.05, 3.63) is 23.1 Å². The molecule has 0 amide bonds. The Morgan fingerprint density at radius 3 is 2.77 bits per heavy atom. The summed E-state index contributed by atoms with van der Waals surface area (Å²) >= 11 is 1.74. The molecule has 0 bridgehead atoms.